The molecule has 178 valence electrons. The number of hydrogen-bond donors (Lipinski definition) is 1. The van der Waals surface area contributed by atoms with E-state index < -0.39 is 6.04 Å². The largest absolute Gasteiger partial charge is 0.354 e. The minimum atomic E-state index is -0.674. The van der Waals surface area contributed by atoms with Gasteiger partial charge in [-0.3, -0.25) is 9.59 Å². The lowest BCUT2D eigenvalue weighted by Gasteiger charge is -2.32. The average molecular weight is 497 g/mol. The van der Waals surface area contributed by atoms with Gasteiger partial charge in [0.1, 0.15) is 6.04 Å². The minimum absolute atomic E-state index is 0.127. The zero-order chi connectivity index (χ0) is 24.5. The highest BCUT2D eigenvalue weighted by molar-refractivity contribution is 6.42. The van der Waals surface area contributed by atoms with Crippen LogP contribution in [0.5, 0.6) is 0 Å². The van der Waals surface area contributed by atoms with Crippen molar-refractivity contribution in [3.63, 3.8) is 0 Å². The number of nitrogens with zero attached hydrogens (tertiary/aromatic N) is 1. The fourth-order valence-electron chi connectivity index (χ4n) is 3.68. The fraction of sp³-hybridized carbons (Fsp3) is 0.286. The van der Waals surface area contributed by atoms with E-state index >= 15 is 0 Å². The average Bonchev–Trinajstić information content (AvgIpc) is 2.83. The van der Waals surface area contributed by atoms with Gasteiger partial charge in [-0.2, -0.15) is 0 Å². The van der Waals surface area contributed by atoms with E-state index in [9.17, 15) is 9.59 Å². The quantitative estimate of drug-likeness (QED) is 0.377. The standard InChI is InChI=1S/C28H30Cl2N2O2/c1-20(2)18-31-28(34)26(16-21-9-5-3-6-10-21)32(19-23-13-14-24(29)25(30)15-23)27(33)17-22-11-7-4-8-12-22/h3-15,20,26H,16-19H2,1-2H3,(H,31,34). The smallest absolute Gasteiger partial charge is 0.243 e. The van der Waals surface area contributed by atoms with Crippen molar-refractivity contribution in [2.75, 3.05) is 6.54 Å². The van der Waals surface area contributed by atoms with E-state index in [-0.39, 0.29) is 24.8 Å². The van der Waals surface area contributed by atoms with Gasteiger partial charge in [0, 0.05) is 19.5 Å². The molecule has 1 unspecified atom stereocenters. The van der Waals surface area contributed by atoms with E-state index in [0.717, 1.165) is 16.7 Å². The Hall–Kier alpha value is -2.82. The van der Waals surface area contributed by atoms with Crippen molar-refractivity contribution in [3.05, 3.63) is 106 Å². The minimum Gasteiger partial charge on any atom is -0.354 e. The number of halogens is 2. The van der Waals surface area contributed by atoms with Gasteiger partial charge in [0.25, 0.3) is 0 Å². The van der Waals surface area contributed by atoms with E-state index in [1.807, 2.05) is 80.6 Å². The molecule has 0 aromatic heterocycles. The molecular formula is C28H30Cl2N2O2. The molecule has 0 aliphatic heterocycles. The molecule has 0 fully saturated rings. The monoisotopic (exact) mass is 496 g/mol. The van der Waals surface area contributed by atoms with Crippen molar-refractivity contribution in [3.8, 4) is 0 Å². The third-order valence-electron chi connectivity index (χ3n) is 5.49. The normalized spacial score (nSPS) is 11.8. The topological polar surface area (TPSA) is 49.4 Å². The Labute approximate surface area is 211 Å². The van der Waals surface area contributed by atoms with Crippen molar-refractivity contribution >= 4 is 35.0 Å². The van der Waals surface area contributed by atoms with Crippen LogP contribution in [0.2, 0.25) is 10.0 Å². The number of carbonyl (C=O) groups is 2. The number of benzene rings is 3. The molecule has 3 aromatic carbocycles. The summed E-state index contributed by atoms with van der Waals surface area (Å²) in [4.78, 5) is 28.7. The maximum atomic E-state index is 13.6. The van der Waals surface area contributed by atoms with Crippen LogP contribution in [-0.4, -0.2) is 29.3 Å². The second-order valence-corrected chi connectivity index (χ2v) is 9.59. The molecular weight excluding hydrogens is 467 g/mol. The highest BCUT2D eigenvalue weighted by Gasteiger charge is 2.30. The molecule has 0 bridgehead atoms. The summed E-state index contributed by atoms with van der Waals surface area (Å²) in [5, 5.41) is 3.89. The lowest BCUT2D eigenvalue weighted by atomic mass is 10.0. The summed E-state index contributed by atoms with van der Waals surface area (Å²) in [6.07, 6.45) is 0.609. The lowest BCUT2D eigenvalue weighted by Crippen LogP contribution is -2.51. The summed E-state index contributed by atoms with van der Waals surface area (Å²) in [7, 11) is 0. The van der Waals surface area contributed by atoms with Crippen LogP contribution in [0.1, 0.15) is 30.5 Å². The molecule has 2 amide bonds. The number of hydrogen-bond acceptors (Lipinski definition) is 2. The molecule has 0 heterocycles. The van der Waals surface area contributed by atoms with Crippen molar-refractivity contribution in [2.45, 2.75) is 39.3 Å². The molecule has 0 saturated heterocycles. The van der Waals surface area contributed by atoms with Gasteiger partial charge in [0.05, 0.1) is 16.5 Å². The molecule has 0 radical (unpaired) electrons. The van der Waals surface area contributed by atoms with Gasteiger partial charge in [-0.1, -0.05) is 104 Å². The van der Waals surface area contributed by atoms with Gasteiger partial charge in [-0.25, -0.2) is 0 Å². The molecule has 1 atom stereocenters. The van der Waals surface area contributed by atoms with Crippen LogP contribution in [0.15, 0.2) is 78.9 Å². The number of amides is 2. The van der Waals surface area contributed by atoms with Crippen LogP contribution < -0.4 is 5.32 Å². The van der Waals surface area contributed by atoms with E-state index in [1.165, 1.54) is 0 Å². The van der Waals surface area contributed by atoms with Crippen molar-refractivity contribution in [1.82, 2.24) is 10.2 Å². The lowest BCUT2D eigenvalue weighted by molar-refractivity contribution is -0.140. The van der Waals surface area contributed by atoms with Crippen molar-refractivity contribution < 1.29 is 9.59 Å². The molecule has 3 rings (SSSR count). The van der Waals surface area contributed by atoms with Gasteiger partial charge in [-0.05, 0) is 34.7 Å². The summed E-state index contributed by atoms with van der Waals surface area (Å²) in [5.74, 6) is 0.00166. The first-order valence-corrected chi connectivity index (χ1v) is 12.2. The van der Waals surface area contributed by atoms with E-state index in [0.29, 0.717) is 28.9 Å². The SMILES string of the molecule is CC(C)CNC(=O)C(Cc1ccccc1)N(Cc1ccc(Cl)c(Cl)c1)C(=O)Cc1ccccc1. The third kappa shape index (κ3) is 7.61. The van der Waals surface area contributed by atoms with Crippen LogP contribution in [0.3, 0.4) is 0 Å². The van der Waals surface area contributed by atoms with Crippen molar-refractivity contribution in [2.24, 2.45) is 5.92 Å². The fourth-order valence-corrected chi connectivity index (χ4v) is 4.00. The first-order chi connectivity index (χ1) is 16.3. The van der Waals surface area contributed by atoms with Gasteiger partial charge >= 0.3 is 0 Å². The Kier molecular flexibility index (Phi) is 9.55. The van der Waals surface area contributed by atoms with Crippen LogP contribution >= 0.6 is 23.2 Å². The van der Waals surface area contributed by atoms with E-state index in [2.05, 4.69) is 5.32 Å². The van der Waals surface area contributed by atoms with Crippen molar-refractivity contribution in [1.29, 1.82) is 0 Å². The Bertz CT molecular complexity index is 1090. The van der Waals surface area contributed by atoms with Crippen LogP contribution in [-0.2, 0) is 29.0 Å². The predicted molar refractivity (Wildman–Crippen MR) is 139 cm³/mol. The molecule has 6 heteroatoms. The number of nitrogens with one attached hydrogen (secondary N) is 1. The highest BCUT2D eigenvalue weighted by atomic mass is 35.5. The number of rotatable bonds is 10. The Morgan fingerprint density at radius 2 is 1.44 bits per heavy atom. The Morgan fingerprint density at radius 3 is 2.03 bits per heavy atom. The molecule has 1 N–H and O–H groups in total. The Morgan fingerprint density at radius 1 is 0.824 bits per heavy atom. The molecule has 0 saturated carbocycles. The predicted octanol–water partition coefficient (Wildman–Crippen LogP) is 5.95. The zero-order valence-corrected chi connectivity index (χ0v) is 21.0. The highest BCUT2D eigenvalue weighted by Crippen LogP contribution is 2.24. The van der Waals surface area contributed by atoms with E-state index in [1.54, 1.807) is 17.0 Å². The van der Waals surface area contributed by atoms with Gasteiger partial charge < -0.3 is 10.2 Å². The maximum Gasteiger partial charge on any atom is 0.243 e. The second kappa shape index (κ2) is 12.6. The van der Waals surface area contributed by atoms with Gasteiger partial charge in [-0.15, -0.1) is 0 Å². The van der Waals surface area contributed by atoms with Gasteiger partial charge in [0.2, 0.25) is 11.8 Å². The molecule has 34 heavy (non-hydrogen) atoms. The molecule has 4 nitrogen and oxygen atoms in total. The summed E-state index contributed by atoms with van der Waals surface area (Å²) >= 11 is 12.4. The molecule has 0 aliphatic rings. The summed E-state index contributed by atoms with van der Waals surface area (Å²) in [6.45, 7) is 4.87. The first kappa shape index (κ1) is 25.8. The third-order valence-corrected chi connectivity index (χ3v) is 6.23. The van der Waals surface area contributed by atoms with E-state index in [4.69, 9.17) is 23.2 Å². The zero-order valence-electron chi connectivity index (χ0n) is 19.5. The summed E-state index contributed by atoms with van der Waals surface area (Å²) < 4.78 is 0. The molecule has 3 aromatic rings. The van der Waals surface area contributed by atoms with Gasteiger partial charge in [0.15, 0.2) is 0 Å². The maximum absolute atomic E-state index is 13.6. The molecule has 0 aliphatic carbocycles. The molecule has 0 spiro atoms. The van der Waals surface area contributed by atoms with Crippen LogP contribution in [0.4, 0.5) is 0 Å². The second-order valence-electron chi connectivity index (χ2n) is 8.78. The van der Waals surface area contributed by atoms with Crippen LogP contribution in [0.25, 0.3) is 0 Å². The first-order valence-electron chi connectivity index (χ1n) is 11.4. The summed E-state index contributed by atoms with van der Waals surface area (Å²) in [5.41, 5.74) is 2.69. The van der Waals surface area contributed by atoms with Crippen LogP contribution in [0, 0.1) is 5.92 Å². The summed E-state index contributed by atoms with van der Waals surface area (Å²) in [6, 6.07) is 23.9. The number of carbonyl (C=O) groups excluding carboxylic acids is 2. The Balaban J connectivity index is 1.96.